The number of aliphatic hydroxyl groups is 1. The predicted molar refractivity (Wildman–Crippen MR) is 138 cm³/mol. The molecule has 4 aliphatic rings. The van der Waals surface area contributed by atoms with Gasteiger partial charge in [0.15, 0.2) is 0 Å². The molecule has 4 rings (SSSR count). The van der Waals surface area contributed by atoms with E-state index in [1.54, 1.807) is 5.57 Å². The van der Waals surface area contributed by atoms with Gasteiger partial charge in [-0.1, -0.05) is 66.0 Å². The summed E-state index contributed by atoms with van der Waals surface area (Å²) in [6, 6.07) is 0. The Hall–Kier alpha value is -0.300. The first-order valence-electron chi connectivity index (χ1n) is 14.5. The van der Waals surface area contributed by atoms with Crippen LogP contribution < -0.4 is 0 Å². The third-order valence-electron chi connectivity index (χ3n) is 11.7. The molecule has 0 aromatic heterocycles. The second-order valence-electron chi connectivity index (χ2n) is 13.7. The molecule has 32 heavy (non-hydrogen) atoms. The average molecular weight is 443 g/mol. The number of rotatable bonds is 8. The second kappa shape index (κ2) is 9.39. The molecule has 3 saturated carbocycles. The average Bonchev–Trinajstić information content (AvgIpc) is 3.10. The minimum absolute atomic E-state index is 0.0810. The van der Waals surface area contributed by atoms with Gasteiger partial charge in [0.1, 0.15) is 0 Å². The summed E-state index contributed by atoms with van der Waals surface area (Å²) >= 11 is 0. The Kier molecular flexibility index (Phi) is 7.28. The fourth-order valence-corrected chi connectivity index (χ4v) is 9.98. The Morgan fingerprint density at radius 1 is 1.00 bits per heavy atom. The van der Waals surface area contributed by atoms with E-state index in [2.05, 4.69) is 47.6 Å². The number of fused-ring (bicyclic) bond motifs is 5. The molecular weight excluding hydrogens is 388 g/mol. The molecule has 0 unspecified atom stereocenters. The highest BCUT2D eigenvalue weighted by molar-refractivity contribution is 5.25. The molecule has 4 aliphatic carbocycles. The van der Waals surface area contributed by atoms with Gasteiger partial charge in [0.2, 0.25) is 0 Å². The second-order valence-corrected chi connectivity index (χ2v) is 13.7. The van der Waals surface area contributed by atoms with Gasteiger partial charge in [-0.15, -0.1) is 0 Å². The van der Waals surface area contributed by atoms with Crippen LogP contribution in [0.5, 0.6) is 0 Å². The van der Waals surface area contributed by atoms with Crippen molar-refractivity contribution in [3.05, 3.63) is 11.6 Å². The molecule has 1 heteroatoms. The summed E-state index contributed by atoms with van der Waals surface area (Å²) in [5.74, 6) is 4.53. The Labute approximate surface area is 200 Å². The molecule has 0 aromatic carbocycles. The number of allylic oxidation sites excluding steroid dienone is 1. The Balaban J connectivity index is 1.46. The van der Waals surface area contributed by atoms with E-state index < -0.39 is 0 Å². The molecular formula is C31H54O. The minimum Gasteiger partial charge on any atom is -0.393 e. The van der Waals surface area contributed by atoms with E-state index >= 15 is 0 Å². The largest absolute Gasteiger partial charge is 0.393 e. The monoisotopic (exact) mass is 442 g/mol. The Bertz CT molecular complexity index is 672. The lowest BCUT2D eigenvalue weighted by molar-refractivity contribution is -0.0578. The van der Waals surface area contributed by atoms with Crippen LogP contribution >= 0.6 is 0 Å². The highest BCUT2D eigenvalue weighted by Crippen LogP contribution is 2.67. The first-order valence-corrected chi connectivity index (χ1v) is 14.5. The molecule has 0 bridgehead atoms. The normalized spacial score (nSPS) is 42.6. The van der Waals surface area contributed by atoms with Crippen molar-refractivity contribution in [2.24, 2.45) is 45.8 Å². The number of hydrogen-bond donors (Lipinski definition) is 1. The highest BCUT2D eigenvalue weighted by atomic mass is 16.3. The van der Waals surface area contributed by atoms with Crippen molar-refractivity contribution in [2.75, 3.05) is 0 Å². The molecule has 1 N–H and O–H groups in total. The highest BCUT2D eigenvalue weighted by Gasteiger charge is 2.59. The standard InChI is InChI=1S/C31H54O/c1-7-16-29(4,17-8-2)18-13-22(3)26-11-12-27-25-10-9-23-21-24(32)14-19-30(23,5)28(25)15-20-31(26,27)6/h9,22,24-28,32H,7-8,10-21H2,1-6H3/t22-,24+,25+,26-,27+,28+,30+,31-/m1/s1. The van der Waals surface area contributed by atoms with Crippen LogP contribution in [0.25, 0.3) is 0 Å². The van der Waals surface area contributed by atoms with Crippen LogP contribution in [-0.4, -0.2) is 11.2 Å². The van der Waals surface area contributed by atoms with Gasteiger partial charge in [-0.3, -0.25) is 0 Å². The number of hydrogen-bond acceptors (Lipinski definition) is 1. The van der Waals surface area contributed by atoms with Crippen LogP contribution in [0.3, 0.4) is 0 Å². The zero-order valence-electron chi connectivity index (χ0n) is 22.4. The molecule has 0 aromatic rings. The van der Waals surface area contributed by atoms with E-state index in [0.29, 0.717) is 16.2 Å². The molecule has 184 valence electrons. The third kappa shape index (κ3) is 4.27. The molecule has 0 spiro atoms. The van der Waals surface area contributed by atoms with Crippen molar-refractivity contribution < 1.29 is 5.11 Å². The van der Waals surface area contributed by atoms with E-state index in [1.807, 2.05) is 0 Å². The quantitative estimate of drug-likeness (QED) is 0.372. The zero-order valence-corrected chi connectivity index (χ0v) is 22.4. The van der Waals surface area contributed by atoms with E-state index in [1.165, 1.54) is 77.0 Å². The van der Waals surface area contributed by atoms with Crippen molar-refractivity contribution in [2.45, 2.75) is 138 Å². The van der Waals surface area contributed by atoms with Crippen LogP contribution in [0.15, 0.2) is 11.6 Å². The molecule has 0 amide bonds. The Morgan fingerprint density at radius 3 is 2.41 bits per heavy atom. The van der Waals surface area contributed by atoms with Crippen molar-refractivity contribution >= 4 is 0 Å². The fourth-order valence-electron chi connectivity index (χ4n) is 9.98. The summed E-state index contributed by atoms with van der Waals surface area (Å²) < 4.78 is 0. The summed E-state index contributed by atoms with van der Waals surface area (Å²) in [7, 11) is 0. The maximum Gasteiger partial charge on any atom is 0.0577 e. The molecule has 0 aliphatic heterocycles. The first kappa shape index (κ1) is 24.8. The van der Waals surface area contributed by atoms with Gasteiger partial charge in [0.05, 0.1) is 6.10 Å². The van der Waals surface area contributed by atoms with Crippen LogP contribution in [-0.2, 0) is 0 Å². The van der Waals surface area contributed by atoms with Gasteiger partial charge in [-0.25, -0.2) is 0 Å². The maximum atomic E-state index is 10.3. The predicted octanol–water partition coefficient (Wildman–Crippen LogP) is 8.95. The van der Waals surface area contributed by atoms with Gasteiger partial charge in [0, 0.05) is 0 Å². The fraction of sp³-hybridized carbons (Fsp3) is 0.935. The third-order valence-corrected chi connectivity index (χ3v) is 11.7. The molecule has 3 fully saturated rings. The molecule has 0 heterocycles. The van der Waals surface area contributed by atoms with Crippen LogP contribution in [0, 0.1) is 45.8 Å². The van der Waals surface area contributed by atoms with Crippen molar-refractivity contribution in [3.8, 4) is 0 Å². The topological polar surface area (TPSA) is 20.2 Å². The summed E-state index contributed by atoms with van der Waals surface area (Å²) in [5.41, 5.74) is 3.15. The van der Waals surface area contributed by atoms with Crippen LogP contribution in [0.1, 0.15) is 131 Å². The smallest absolute Gasteiger partial charge is 0.0577 e. The minimum atomic E-state index is -0.0810. The van der Waals surface area contributed by atoms with Gasteiger partial charge in [-0.2, -0.15) is 0 Å². The molecule has 0 saturated heterocycles. The summed E-state index contributed by atoms with van der Waals surface area (Å²) in [5, 5.41) is 10.3. The van der Waals surface area contributed by atoms with Crippen molar-refractivity contribution in [3.63, 3.8) is 0 Å². The number of aliphatic hydroxyl groups excluding tert-OH is 1. The molecule has 0 radical (unpaired) electrons. The van der Waals surface area contributed by atoms with Gasteiger partial charge < -0.3 is 5.11 Å². The van der Waals surface area contributed by atoms with E-state index in [-0.39, 0.29) is 6.10 Å². The SMILES string of the molecule is CCCC(C)(CCC)CC[C@@H](C)[C@H]1CC[C@H]2[C@@H]3CC=C4C[C@@H](O)CC[C@]4(C)[C@H]3CC[C@]12C. The van der Waals surface area contributed by atoms with Gasteiger partial charge >= 0.3 is 0 Å². The summed E-state index contributed by atoms with van der Waals surface area (Å²) in [6.07, 6.45) is 21.2. The lowest BCUT2D eigenvalue weighted by Gasteiger charge is -2.58. The van der Waals surface area contributed by atoms with Crippen LogP contribution in [0.2, 0.25) is 0 Å². The first-order chi connectivity index (χ1) is 15.2. The lowest BCUT2D eigenvalue weighted by atomic mass is 9.47. The van der Waals surface area contributed by atoms with E-state index in [4.69, 9.17) is 0 Å². The van der Waals surface area contributed by atoms with Gasteiger partial charge in [0.25, 0.3) is 0 Å². The Morgan fingerprint density at radius 2 is 1.72 bits per heavy atom. The summed E-state index contributed by atoms with van der Waals surface area (Å²) in [6.45, 7) is 15.2. The molecule has 8 atom stereocenters. The van der Waals surface area contributed by atoms with Crippen LogP contribution in [0.4, 0.5) is 0 Å². The molecule has 1 nitrogen and oxygen atoms in total. The van der Waals surface area contributed by atoms with Crippen molar-refractivity contribution in [1.29, 1.82) is 0 Å². The van der Waals surface area contributed by atoms with E-state index in [9.17, 15) is 5.11 Å². The van der Waals surface area contributed by atoms with Crippen molar-refractivity contribution in [1.82, 2.24) is 0 Å². The maximum absolute atomic E-state index is 10.3. The zero-order chi connectivity index (χ0) is 23.1. The van der Waals surface area contributed by atoms with Gasteiger partial charge in [-0.05, 0) is 123 Å². The lowest BCUT2D eigenvalue weighted by Crippen LogP contribution is -2.50. The van der Waals surface area contributed by atoms with E-state index in [0.717, 1.165) is 42.4 Å². The summed E-state index contributed by atoms with van der Waals surface area (Å²) in [4.78, 5) is 0.